The van der Waals surface area contributed by atoms with Crippen molar-refractivity contribution >= 4 is 0 Å². The maximum Gasteiger partial charge on any atom is 0.459 e. The van der Waals surface area contributed by atoms with Crippen LogP contribution in [0.2, 0.25) is 0 Å². The van der Waals surface area contributed by atoms with E-state index >= 15 is 0 Å². The molecule has 0 spiro atoms. The van der Waals surface area contributed by atoms with Gasteiger partial charge in [-0.25, -0.2) is 0 Å². The fraction of sp³-hybridized carbons (Fsp3) is 0.429. The molecule has 0 saturated heterocycles. The molecule has 0 aliphatic rings. The lowest BCUT2D eigenvalue weighted by Gasteiger charge is -2.17. The molecule has 1 aromatic rings. The van der Waals surface area contributed by atoms with Crippen molar-refractivity contribution in [1.82, 2.24) is 10.2 Å². The Balaban J connectivity index is 3.10. The molecule has 78 valence electrons. The molecule has 0 radical (unpaired) electrons. The molecule has 0 amide bonds. The van der Waals surface area contributed by atoms with Crippen molar-refractivity contribution < 1.29 is 22.0 Å². The Morgan fingerprint density at radius 2 is 1.57 bits per heavy atom. The lowest BCUT2D eigenvalue weighted by molar-refractivity contribution is -0.291. The van der Waals surface area contributed by atoms with Crippen LogP contribution in [-0.2, 0) is 5.92 Å². The van der Waals surface area contributed by atoms with E-state index in [1.54, 1.807) is 0 Å². The summed E-state index contributed by atoms with van der Waals surface area (Å²) >= 11 is 0. The first kappa shape index (κ1) is 10.8. The molecule has 1 aromatic heterocycles. The van der Waals surface area contributed by atoms with Crippen LogP contribution in [0.15, 0.2) is 12.1 Å². The number of hydrogen-bond donors (Lipinski definition) is 0. The van der Waals surface area contributed by atoms with Gasteiger partial charge in [-0.1, -0.05) is 0 Å². The fourth-order valence-corrected chi connectivity index (χ4v) is 0.712. The molecule has 0 N–H and O–H groups in total. The summed E-state index contributed by atoms with van der Waals surface area (Å²) in [5.74, 6) is -4.95. The van der Waals surface area contributed by atoms with Crippen molar-refractivity contribution in [1.29, 1.82) is 0 Å². The zero-order valence-corrected chi connectivity index (χ0v) is 6.94. The third kappa shape index (κ3) is 1.80. The molecule has 1 rings (SSSR count). The van der Waals surface area contributed by atoms with Gasteiger partial charge in [0.25, 0.3) is 0 Å². The highest BCUT2D eigenvalue weighted by molar-refractivity contribution is 5.12. The Morgan fingerprint density at radius 1 is 1.00 bits per heavy atom. The Hall–Kier alpha value is -1.27. The van der Waals surface area contributed by atoms with Crippen LogP contribution >= 0.6 is 0 Å². The average Bonchev–Trinajstić information content (AvgIpc) is 2.03. The van der Waals surface area contributed by atoms with E-state index in [2.05, 4.69) is 10.2 Å². The third-order valence-corrected chi connectivity index (χ3v) is 1.48. The van der Waals surface area contributed by atoms with Crippen LogP contribution in [0.5, 0.6) is 0 Å². The third-order valence-electron chi connectivity index (χ3n) is 1.48. The number of nitrogens with zero attached hydrogens (tertiary/aromatic N) is 2. The predicted molar refractivity (Wildman–Crippen MR) is 36.7 cm³/mol. The fourth-order valence-electron chi connectivity index (χ4n) is 0.712. The summed E-state index contributed by atoms with van der Waals surface area (Å²) in [6.45, 7) is 1.43. The maximum atomic E-state index is 12.6. The van der Waals surface area contributed by atoms with Crippen LogP contribution < -0.4 is 0 Å². The molecule has 2 nitrogen and oxygen atoms in total. The van der Waals surface area contributed by atoms with Gasteiger partial charge in [-0.05, 0) is 19.1 Å². The second-order valence-corrected chi connectivity index (χ2v) is 2.63. The molecule has 1 heterocycles. The average molecular weight is 212 g/mol. The number of alkyl halides is 5. The van der Waals surface area contributed by atoms with E-state index in [0.29, 0.717) is 6.07 Å². The molecular formula is C7H5F5N2. The summed E-state index contributed by atoms with van der Waals surface area (Å²) in [4.78, 5) is 0. The summed E-state index contributed by atoms with van der Waals surface area (Å²) in [6.07, 6.45) is -5.64. The summed E-state index contributed by atoms with van der Waals surface area (Å²) in [7, 11) is 0. The molecule has 0 fully saturated rings. The summed E-state index contributed by atoms with van der Waals surface area (Å²) in [5.41, 5.74) is -1.12. The van der Waals surface area contributed by atoms with Gasteiger partial charge in [-0.2, -0.15) is 27.1 Å². The van der Waals surface area contributed by atoms with Crippen molar-refractivity contribution in [3.05, 3.63) is 23.5 Å². The van der Waals surface area contributed by atoms with Crippen LogP contribution in [0.1, 0.15) is 11.4 Å². The van der Waals surface area contributed by atoms with Crippen molar-refractivity contribution in [2.45, 2.75) is 19.0 Å². The molecule has 0 aliphatic heterocycles. The summed E-state index contributed by atoms with van der Waals surface area (Å²) in [5, 5.41) is 5.93. The predicted octanol–water partition coefficient (Wildman–Crippen LogP) is 2.44. The van der Waals surface area contributed by atoms with Crippen molar-refractivity contribution in [2.75, 3.05) is 0 Å². The largest absolute Gasteiger partial charge is 0.459 e. The number of aromatic nitrogens is 2. The molecular weight excluding hydrogens is 207 g/mol. The van der Waals surface area contributed by atoms with Crippen molar-refractivity contribution in [3.8, 4) is 0 Å². The van der Waals surface area contributed by atoms with Crippen LogP contribution in [0.25, 0.3) is 0 Å². The highest BCUT2D eigenvalue weighted by Crippen LogP contribution is 2.42. The van der Waals surface area contributed by atoms with E-state index in [1.165, 1.54) is 6.92 Å². The molecule has 0 unspecified atom stereocenters. The van der Waals surface area contributed by atoms with Gasteiger partial charge in [0.05, 0.1) is 5.69 Å². The Bertz CT molecular complexity index is 316. The van der Waals surface area contributed by atoms with E-state index in [1.807, 2.05) is 0 Å². The second kappa shape index (κ2) is 3.14. The smallest absolute Gasteiger partial charge is 0.189 e. The van der Waals surface area contributed by atoms with Crippen LogP contribution in [0.3, 0.4) is 0 Å². The summed E-state index contributed by atoms with van der Waals surface area (Å²) in [6, 6.07) is 1.65. The minimum absolute atomic E-state index is 0.270. The normalized spacial score (nSPS) is 13.0. The van der Waals surface area contributed by atoms with Gasteiger partial charge in [0.2, 0.25) is 0 Å². The van der Waals surface area contributed by atoms with E-state index in [-0.39, 0.29) is 5.69 Å². The number of rotatable bonds is 1. The lowest BCUT2D eigenvalue weighted by Crippen LogP contribution is -2.34. The standard InChI is InChI=1S/C7H5F5N2/c1-4-2-3-5(14-13-4)6(8,9)7(10,11)12/h2-3H,1H3. The SMILES string of the molecule is Cc1ccc(C(F)(F)C(F)(F)F)nn1. The number of hydrogen-bond acceptors (Lipinski definition) is 2. The lowest BCUT2D eigenvalue weighted by atomic mass is 10.2. The van der Waals surface area contributed by atoms with Gasteiger partial charge in [-0.15, -0.1) is 5.10 Å². The van der Waals surface area contributed by atoms with Crippen LogP contribution in [0.4, 0.5) is 22.0 Å². The highest BCUT2D eigenvalue weighted by atomic mass is 19.4. The monoisotopic (exact) mass is 212 g/mol. The first-order chi connectivity index (χ1) is 6.25. The molecule has 0 aliphatic carbocycles. The van der Waals surface area contributed by atoms with Gasteiger partial charge in [0.15, 0.2) is 0 Å². The Labute approximate surface area is 75.8 Å². The van der Waals surface area contributed by atoms with Gasteiger partial charge < -0.3 is 0 Å². The molecule has 0 saturated carbocycles. The molecule has 0 atom stereocenters. The van der Waals surface area contributed by atoms with Gasteiger partial charge in [-0.3, -0.25) is 0 Å². The van der Waals surface area contributed by atoms with E-state index in [0.717, 1.165) is 6.07 Å². The summed E-state index contributed by atoms with van der Waals surface area (Å²) < 4.78 is 60.5. The minimum atomic E-state index is -5.64. The highest BCUT2D eigenvalue weighted by Gasteiger charge is 2.60. The van der Waals surface area contributed by atoms with E-state index in [9.17, 15) is 22.0 Å². The molecule has 7 heteroatoms. The van der Waals surface area contributed by atoms with Gasteiger partial charge in [0.1, 0.15) is 5.69 Å². The van der Waals surface area contributed by atoms with Crippen molar-refractivity contribution in [2.24, 2.45) is 0 Å². The Morgan fingerprint density at radius 3 is 1.93 bits per heavy atom. The topological polar surface area (TPSA) is 25.8 Å². The zero-order valence-electron chi connectivity index (χ0n) is 6.94. The van der Waals surface area contributed by atoms with E-state index in [4.69, 9.17) is 0 Å². The molecule has 0 bridgehead atoms. The van der Waals surface area contributed by atoms with Gasteiger partial charge >= 0.3 is 12.1 Å². The second-order valence-electron chi connectivity index (χ2n) is 2.63. The van der Waals surface area contributed by atoms with Crippen LogP contribution in [-0.4, -0.2) is 16.4 Å². The van der Waals surface area contributed by atoms with E-state index < -0.39 is 17.8 Å². The zero-order chi connectivity index (χ0) is 11.0. The van der Waals surface area contributed by atoms with Gasteiger partial charge in [0, 0.05) is 0 Å². The Kier molecular flexibility index (Phi) is 2.43. The number of aryl methyl sites for hydroxylation is 1. The first-order valence-corrected chi connectivity index (χ1v) is 3.50. The van der Waals surface area contributed by atoms with Crippen molar-refractivity contribution in [3.63, 3.8) is 0 Å². The number of halogens is 5. The first-order valence-electron chi connectivity index (χ1n) is 3.50. The quantitative estimate of drug-likeness (QED) is 0.668. The minimum Gasteiger partial charge on any atom is -0.189 e. The van der Waals surface area contributed by atoms with Crippen LogP contribution in [0, 0.1) is 6.92 Å². The molecule has 0 aromatic carbocycles. The maximum absolute atomic E-state index is 12.6. The molecule has 14 heavy (non-hydrogen) atoms.